The lowest BCUT2D eigenvalue weighted by Gasteiger charge is -2.17. The van der Waals surface area contributed by atoms with Gasteiger partial charge in [0.05, 0.1) is 6.04 Å². The van der Waals surface area contributed by atoms with Crippen molar-refractivity contribution in [1.82, 2.24) is 25.1 Å². The van der Waals surface area contributed by atoms with Crippen molar-refractivity contribution in [2.75, 3.05) is 11.4 Å². The summed E-state index contributed by atoms with van der Waals surface area (Å²) < 4.78 is 1.48. The molecule has 2 aromatic heterocycles. The second kappa shape index (κ2) is 6.75. The summed E-state index contributed by atoms with van der Waals surface area (Å²) in [5.41, 5.74) is 1.29. The molecule has 1 aromatic carbocycles. The number of anilines is 1. The zero-order chi connectivity index (χ0) is 17.9. The first-order chi connectivity index (χ1) is 12.7. The molecule has 1 aliphatic rings. The normalized spacial score (nSPS) is 16.7. The van der Waals surface area contributed by atoms with Crippen LogP contribution in [0.2, 0.25) is 0 Å². The molecular weight excluding hydrogens is 332 g/mol. The van der Waals surface area contributed by atoms with E-state index >= 15 is 0 Å². The number of carbonyl (C=O) groups is 2. The fraction of sp³-hybridized carbons (Fsp3) is 0.167. The van der Waals surface area contributed by atoms with Crippen molar-refractivity contribution >= 4 is 17.5 Å². The molecule has 0 aliphatic carbocycles. The van der Waals surface area contributed by atoms with Gasteiger partial charge in [-0.25, -0.2) is 14.6 Å². The Morgan fingerprint density at radius 1 is 1.19 bits per heavy atom. The van der Waals surface area contributed by atoms with Crippen LogP contribution in [0.4, 0.5) is 5.69 Å². The number of rotatable bonds is 4. The second-order valence-corrected chi connectivity index (χ2v) is 5.96. The summed E-state index contributed by atoms with van der Waals surface area (Å²) in [4.78, 5) is 34.6. The number of para-hydroxylation sites is 1. The Balaban J connectivity index is 1.46. The number of benzene rings is 1. The summed E-state index contributed by atoms with van der Waals surface area (Å²) in [6.45, 7) is 0.454. The van der Waals surface area contributed by atoms with E-state index in [0.29, 0.717) is 17.9 Å². The molecule has 0 radical (unpaired) electrons. The van der Waals surface area contributed by atoms with E-state index in [9.17, 15) is 9.59 Å². The van der Waals surface area contributed by atoms with Crippen LogP contribution in [0.25, 0.3) is 5.82 Å². The monoisotopic (exact) mass is 348 g/mol. The van der Waals surface area contributed by atoms with Crippen molar-refractivity contribution in [2.24, 2.45) is 0 Å². The van der Waals surface area contributed by atoms with Crippen molar-refractivity contribution in [3.05, 3.63) is 66.9 Å². The van der Waals surface area contributed by atoms with Gasteiger partial charge in [0.2, 0.25) is 5.91 Å². The van der Waals surface area contributed by atoms with E-state index in [1.165, 1.54) is 17.3 Å². The van der Waals surface area contributed by atoms with Crippen LogP contribution in [0.1, 0.15) is 16.8 Å². The van der Waals surface area contributed by atoms with E-state index in [2.05, 4.69) is 20.4 Å². The van der Waals surface area contributed by atoms with Crippen molar-refractivity contribution in [2.45, 2.75) is 12.5 Å². The Kier molecular flexibility index (Phi) is 4.14. The molecule has 0 bridgehead atoms. The minimum atomic E-state index is -0.249. The van der Waals surface area contributed by atoms with Crippen LogP contribution >= 0.6 is 0 Å². The smallest absolute Gasteiger partial charge is 0.251 e. The average Bonchev–Trinajstić information content (AvgIpc) is 3.32. The summed E-state index contributed by atoms with van der Waals surface area (Å²) >= 11 is 0. The van der Waals surface area contributed by atoms with Gasteiger partial charge in [-0.05, 0) is 24.3 Å². The number of carbonyl (C=O) groups excluding carboxylic acids is 2. The lowest BCUT2D eigenvalue weighted by atomic mass is 10.2. The lowest BCUT2D eigenvalue weighted by molar-refractivity contribution is -0.117. The zero-order valence-electron chi connectivity index (χ0n) is 13.8. The van der Waals surface area contributed by atoms with Gasteiger partial charge in [-0.3, -0.25) is 9.59 Å². The van der Waals surface area contributed by atoms with E-state index in [1.807, 2.05) is 30.3 Å². The highest BCUT2D eigenvalue weighted by Gasteiger charge is 2.31. The van der Waals surface area contributed by atoms with Crippen LogP contribution in [0.5, 0.6) is 0 Å². The third kappa shape index (κ3) is 3.16. The third-order valence-corrected chi connectivity index (χ3v) is 4.19. The maximum absolute atomic E-state index is 12.6. The molecule has 1 saturated heterocycles. The fourth-order valence-corrected chi connectivity index (χ4v) is 2.94. The van der Waals surface area contributed by atoms with E-state index in [0.717, 1.165) is 5.69 Å². The largest absolute Gasteiger partial charge is 0.347 e. The maximum atomic E-state index is 12.6. The predicted molar refractivity (Wildman–Crippen MR) is 93.8 cm³/mol. The number of hydrogen-bond donors (Lipinski definition) is 1. The molecular formula is C18H16N6O2. The number of hydrogen-bond acceptors (Lipinski definition) is 5. The maximum Gasteiger partial charge on any atom is 0.251 e. The molecule has 8 heteroatoms. The Morgan fingerprint density at radius 2 is 2.04 bits per heavy atom. The van der Waals surface area contributed by atoms with E-state index in [1.54, 1.807) is 23.2 Å². The summed E-state index contributed by atoms with van der Waals surface area (Å²) in [6, 6.07) is 12.5. The molecule has 0 spiro atoms. The van der Waals surface area contributed by atoms with Gasteiger partial charge < -0.3 is 10.2 Å². The Hall–Kier alpha value is -3.55. The SMILES string of the molecule is O=C(N[C@@H]1CC(=O)N(c2ccccc2)C1)c1ccnc(-n2cncn2)c1. The summed E-state index contributed by atoms with van der Waals surface area (Å²) in [5, 5.41) is 6.93. The molecule has 1 N–H and O–H groups in total. The van der Waals surface area contributed by atoms with Gasteiger partial charge in [-0.1, -0.05) is 18.2 Å². The standard InChI is InChI=1S/C18H16N6O2/c25-17-9-14(10-23(17)15-4-2-1-3-5-15)22-18(26)13-6-7-20-16(8-13)24-12-19-11-21-24/h1-8,11-12,14H,9-10H2,(H,22,26)/t14-/m1/s1. The Morgan fingerprint density at radius 3 is 2.81 bits per heavy atom. The van der Waals surface area contributed by atoms with Crippen molar-refractivity contribution in [3.63, 3.8) is 0 Å². The number of pyridine rings is 1. The van der Waals surface area contributed by atoms with E-state index in [4.69, 9.17) is 0 Å². The minimum Gasteiger partial charge on any atom is -0.347 e. The fourth-order valence-electron chi connectivity index (χ4n) is 2.94. The molecule has 0 unspecified atom stereocenters. The molecule has 8 nitrogen and oxygen atoms in total. The van der Waals surface area contributed by atoms with Crippen LogP contribution in [-0.4, -0.2) is 44.1 Å². The van der Waals surface area contributed by atoms with Gasteiger partial charge >= 0.3 is 0 Å². The third-order valence-electron chi connectivity index (χ3n) is 4.19. The van der Waals surface area contributed by atoms with Gasteiger partial charge in [0.15, 0.2) is 5.82 Å². The van der Waals surface area contributed by atoms with Crippen LogP contribution in [0.3, 0.4) is 0 Å². The lowest BCUT2D eigenvalue weighted by Crippen LogP contribution is -2.37. The van der Waals surface area contributed by atoms with E-state index in [-0.39, 0.29) is 24.3 Å². The first kappa shape index (κ1) is 15.9. The van der Waals surface area contributed by atoms with Crippen LogP contribution in [0, 0.1) is 0 Å². The highest BCUT2D eigenvalue weighted by Crippen LogP contribution is 2.21. The molecule has 1 fully saturated rings. The predicted octanol–water partition coefficient (Wildman–Crippen LogP) is 1.20. The van der Waals surface area contributed by atoms with Crippen LogP contribution in [-0.2, 0) is 4.79 Å². The van der Waals surface area contributed by atoms with E-state index < -0.39 is 0 Å². The van der Waals surface area contributed by atoms with Gasteiger partial charge in [0.1, 0.15) is 12.7 Å². The quantitative estimate of drug-likeness (QED) is 0.765. The molecule has 3 heterocycles. The van der Waals surface area contributed by atoms with Gasteiger partial charge in [-0.2, -0.15) is 5.10 Å². The van der Waals surface area contributed by atoms with Gasteiger partial charge in [-0.15, -0.1) is 0 Å². The zero-order valence-corrected chi connectivity index (χ0v) is 13.8. The topological polar surface area (TPSA) is 93.0 Å². The number of amides is 2. The summed E-state index contributed by atoms with van der Waals surface area (Å²) in [7, 11) is 0. The minimum absolute atomic E-state index is 0.000433. The molecule has 1 atom stereocenters. The number of nitrogens with zero attached hydrogens (tertiary/aromatic N) is 5. The second-order valence-electron chi connectivity index (χ2n) is 5.96. The molecule has 1 aliphatic heterocycles. The van der Waals surface area contributed by atoms with Crippen LogP contribution in [0.15, 0.2) is 61.3 Å². The number of nitrogens with one attached hydrogen (secondary N) is 1. The first-order valence-corrected chi connectivity index (χ1v) is 8.18. The number of aromatic nitrogens is 4. The first-order valence-electron chi connectivity index (χ1n) is 8.18. The molecule has 130 valence electrons. The highest BCUT2D eigenvalue weighted by molar-refractivity contribution is 5.99. The van der Waals surface area contributed by atoms with Crippen molar-refractivity contribution < 1.29 is 9.59 Å². The summed E-state index contributed by atoms with van der Waals surface area (Å²) in [5.74, 6) is 0.254. The Labute approximate surface area is 149 Å². The average molecular weight is 348 g/mol. The molecule has 3 aromatic rings. The van der Waals surface area contributed by atoms with Crippen molar-refractivity contribution in [3.8, 4) is 5.82 Å². The van der Waals surface area contributed by atoms with Gasteiger partial charge in [0.25, 0.3) is 5.91 Å². The summed E-state index contributed by atoms with van der Waals surface area (Å²) in [6.07, 6.45) is 4.73. The molecule has 2 amide bonds. The highest BCUT2D eigenvalue weighted by atomic mass is 16.2. The van der Waals surface area contributed by atoms with Crippen LogP contribution < -0.4 is 10.2 Å². The molecule has 26 heavy (non-hydrogen) atoms. The Bertz CT molecular complexity index is 926. The molecule has 4 rings (SSSR count). The van der Waals surface area contributed by atoms with Gasteiger partial charge in [0, 0.05) is 30.4 Å². The van der Waals surface area contributed by atoms with Crippen molar-refractivity contribution in [1.29, 1.82) is 0 Å². The molecule has 0 saturated carbocycles.